The molecule has 3 rings (SSSR count). The lowest BCUT2D eigenvalue weighted by atomic mass is 10.1. The molecule has 1 aliphatic rings. The minimum Gasteiger partial charge on any atom is -0.270 e. The van der Waals surface area contributed by atoms with E-state index in [9.17, 15) is 0 Å². The summed E-state index contributed by atoms with van der Waals surface area (Å²) in [6, 6.07) is 14.7. The summed E-state index contributed by atoms with van der Waals surface area (Å²) in [6.07, 6.45) is 0. The van der Waals surface area contributed by atoms with Crippen molar-refractivity contribution in [1.29, 1.82) is 0 Å². The summed E-state index contributed by atoms with van der Waals surface area (Å²) in [6.45, 7) is 9.24. The van der Waals surface area contributed by atoms with Crippen LogP contribution in [0.15, 0.2) is 36.4 Å². The predicted molar refractivity (Wildman–Crippen MR) is 82.2 cm³/mol. The van der Waals surface area contributed by atoms with E-state index < -0.39 is 0 Å². The highest BCUT2D eigenvalue weighted by atomic mass is 31.1. The van der Waals surface area contributed by atoms with Gasteiger partial charge in [-0.3, -0.25) is 4.67 Å². The Kier molecular flexibility index (Phi) is 2.92. The van der Waals surface area contributed by atoms with Crippen LogP contribution in [-0.2, 0) is 0 Å². The molecule has 0 fully saturated rings. The molecular weight excluding hydrogens is 237 g/mol. The average Bonchev–Trinajstić information content (AvgIpc) is 2.33. The molecular formula is C16H20NP. The second-order valence-corrected chi connectivity index (χ2v) is 7.58. The summed E-state index contributed by atoms with van der Waals surface area (Å²) >= 11 is 0. The highest BCUT2D eigenvalue weighted by Crippen LogP contribution is 2.50. The molecule has 0 spiro atoms. The third kappa shape index (κ3) is 1.61. The van der Waals surface area contributed by atoms with E-state index in [1.165, 1.54) is 10.8 Å². The number of rotatable bonds is 3. The Bertz CT molecular complexity index is 542. The minimum absolute atomic E-state index is 0.241. The van der Waals surface area contributed by atoms with Gasteiger partial charge in [-0.1, -0.05) is 36.4 Å². The minimum atomic E-state index is -0.241. The van der Waals surface area contributed by atoms with Gasteiger partial charge in [-0.15, -0.1) is 0 Å². The lowest BCUT2D eigenvalue weighted by Gasteiger charge is -2.44. The number of hydrogen-bond acceptors (Lipinski definition) is 1. The van der Waals surface area contributed by atoms with E-state index in [1.54, 1.807) is 10.6 Å². The molecule has 2 heteroatoms. The fraction of sp³-hybridized carbons (Fsp3) is 0.375. The van der Waals surface area contributed by atoms with Gasteiger partial charge in [0.05, 0.1) is 0 Å². The fourth-order valence-corrected chi connectivity index (χ4v) is 5.93. The van der Waals surface area contributed by atoms with Crippen LogP contribution in [-0.4, -0.2) is 16.8 Å². The molecule has 0 saturated carbocycles. The van der Waals surface area contributed by atoms with Crippen LogP contribution < -0.4 is 10.6 Å². The number of nitrogens with zero attached hydrogens (tertiary/aromatic N) is 1. The molecule has 94 valence electrons. The van der Waals surface area contributed by atoms with E-state index in [4.69, 9.17) is 0 Å². The van der Waals surface area contributed by atoms with Crippen molar-refractivity contribution in [3.63, 3.8) is 0 Å². The number of hydrogen-bond donors (Lipinski definition) is 0. The highest BCUT2D eigenvalue weighted by Gasteiger charge is 2.35. The van der Waals surface area contributed by atoms with Gasteiger partial charge >= 0.3 is 0 Å². The largest absolute Gasteiger partial charge is 0.270 e. The summed E-state index contributed by atoms with van der Waals surface area (Å²) in [4.78, 5) is 0. The van der Waals surface area contributed by atoms with Gasteiger partial charge in [0.25, 0.3) is 0 Å². The van der Waals surface area contributed by atoms with Crippen molar-refractivity contribution in [2.24, 2.45) is 0 Å². The molecule has 0 N–H and O–H groups in total. The van der Waals surface area contributed by atoms with Crippen molar-refractivity contribution in [1.82, 2.24) is 4.67 Å². The molecule has 1 nitrogen and oxygen atoms in total. The first kappa shape index (κ1) is 12.1. The molecule has 0 aromatic heterocycles. The van der Waals surface area contributed by atoms with Gasteiger partial charge < -0.3 is 0 Å². The van der Waals surface area contributed by atoms with Gasteiger partial charge in [-0.2, -0.15) is 0 Å². The Hall–Kier alpha value is -0.910. The molecule has 0 unspecified atom stereocenters. The average molecular weight is 257 g/mol. The van der Waals surface area contributed by atoms with Crippen molar-refractivity contribution >= 4 is 29.5 Å². The zero-order valence-electron chi connectivity index (χ0n) is 11.5. The van der Waals surface area contributed by atoms with Gasteiger partial charge in [0.2, 0.25) is 0 Å². The van der Waals surface area contributed by atoms with Gasteiger partial charge in [0, 0.05) is 36.2 Å². The normalized spacial score (nSPS) is 14.8. The van der Waals surface area contributed by atoms with Crippen molar-refractivity contribution < 1.29 is 0 Å². The zero-order chi connectivity index (χ0) is 12.9. The standard InChI is InChI=1S/C16H20NP/c1-11(2)17(12(3)4)18-14-9-5-7-13-8-6-10-15(18)16(13)14/h5-12H,1-4H3. The maximum absolute atomic E-state index is 2.67. The van der Waals surface area contributed by atoms with E-state index in [0.717, 1.165) is 0 Å². The lowest BCUT2D eigenvalue weighted by Crippen LogP contribution is -2.43. The van der Waals surface area contributed by atoms with Crippen molar-refractivity contribution in [2.75, 3.05) is 0 Å². The van der Waals surface area contributed by atoms with Crippen LogP contribution in [0.1, 0.15) is 27.7 Å². The smallest absolute Gasteiger partial charge is 0.0299 e. The lowest BCUT2D eigenvalue weighted by molar-refractivity contribution is 0.327. The molecule has 0 aliphatic carbocycles. The van der Waals surface area contributed by atoms with E-state index >= 15 is 0 Å². The van der Waals surface area contributed by atoms with E-state index in [-0.39, 0.29) is 8.07 Å². The molecule has 2 aromatic rings. The quantitative estimate of drug-likeness (QED) is 0.759. The van der Waals surface area contributed by atoms with Crippen LogP contribution in [0.3, 0.4) is 0 Å². The third-order valence-corrected chi connectivity index (χ3v) is 6.65. The third-order valence-electron chi connectivity index (χ3n) is 3.61. The SMILES string of the molecule is CC(C)N(C(C)C)P1c2cccc3cccc1c23. The van der Waals surface area contributed by atoms with Crippen LogP contribution >= 0.6 is 8.07 Å². The molecule has 0 atom stereocenters. The second-order valence-electron chi connectivity index (χ2n) is 5.53. The topological polar surface area (TPSA) is 3.24 Å². The van der Waals surface area contributed by atoms with E-state index in [1.807, 2.05) is 0 Å². The monoisotopic (exact) mass is 257 g/mol. The Morgan fingerprint density at radius 3 is 1.78 bits per heavy atom. The van der Waals surface area contributed by atoms with Crippen LogP contribution in [0.2, 0.25) is 0 Å². The Balaban J connectivity index is 2.12. The van der Waals surface area contributed by atoms with Crippen LogP contribution in [0.25, 0.3) is 10.8 Å². The van der Waals surface area contributed by atoms with Gasteiger partial charge in [0.1, 0.15) is 0 Å². The highest BCUT2D eigenvalue weighted by molar-refractivity contribution is 7.74. The van der Waals surface area contributed by atoms with Crippen LogP contribution in [0.5, 0.6) is 0 Å². The summed E-state index contributed by atoms with van der Waals surface area (Å²) in [7, 11) is -0.241. The van der Waals surface area contributed by atoms with Gasteiger partial charge in [0.15, 0.2) is 0 Å². The maximum Gasteiger partial charge on any atom is 0.0299 e. The number of benzene rings is 2. The van der Waals surface area contributed by atoms with Gasteiger partial charge in [-0.05, 0) is 33.1 Å². The summed E-state index contributed by atoms with van der Waals surface area (Å²) < 4.78 is 2.67. The Labute approximate surface area is 111 Å². The van der Waals surface area contributed by atoms with E-state index in [0.29, 0.717) is 12.1 Å². The molecule has 0 saturated heterocycles. The Morgan fingerprint density at radius 2 is 1.33 bits per heavy atom. The maximum atomic E-state index is 2.67. The Morgan fingerprint density at radius 1 is 0.833 bits per heavy atom. The zero-order valence-corrected chi connectivity index (χ0v) is 12.4. The molecule has 1 aliphatic heterocycles. The van der Waals surface area contributed by atoms with Crippen LogP contribution in [0.4, 0.5) is 0 Å². The molecule has 1 heterocycles. The van der Waals surface area contributed by atoms with Crippen molar-refractivity contribution in [3.8, 4) is 0 Å². The summed E-state index contributed by atoms with van der Waals surface area (Å²) in [5.41, 5.74) is 0. The first-order valence-electron chi connectivity index (χ1n) is 6.71. The van der Waals surface area contributed by atoms with Gasteiger partial charge in [-0.25, -0.2) is 0 Å². The summed E-state index contributed by atoms with van der Waals surface area (Å²) in [5, 5.41) is 6.05. The van der Waals surface area contributed by atoms with Crippen LogP contribution in [0, 0.1) is 0 Å². The molecule has 0 bridgehead atoms. The van der Waals surface area contributed by atoms with Crippen molar-refractivity contribution in [3.05, 3.63) is 36.4 Å². The fourth-order valence-electron chi connectivity index (χ4n) is 3.04. The molecule has 0 radical (unpaired) electrons. The molecule has 0 amide bonds. The first-order chi connectivity index (χ1) is 8.61. The predicted octanol–water partition coefficient (Wildman–Crippen LogP) is 3.62. The molecule has 2 aromatic carbocycles. The first-order valence-corrected chi connectivity index (χ1v) is 8.01. The van der Waals surface area contributed by atoms with E-state index in [2.05, 4.69) is 68.8 Å². The van der Waals surface area contributed by atoms with Crippen molar-refractivity contribution in [2.45, 2.75) is 39.8 Å². The second kappa shape index (κ2) is 4.33. The summed E-state index contributed by atoms with van der Waals surface area (Å²) in [5.74, 6) is 0. The molecule has 18 heavy (non-hydrogen) atoms.